The predicted molar refractivity (Wildman–Crippen MR) is 127 cm³/mol. The second kappa shape index (κ2) is 9.14. The van der Waals surface area contributed by atoms with Gasteiger partial charge >= 0.3 is 5.69 Å². The summed E-state index contributed by atoms with van der Waals surface area (Å²) in [7, 11) is 1.57. The summed E-state index contributed by atoms with van der Waals surface area (Å²) in [5.41, 5.74) is 7.10. The molecule has 4 rings (SSSR count). The summed E-state index contributed by atoms with van der Waals surface area (Å²) in [5.74, 6) is 0.250. The second-order valence-corrected chi connectivity index (χ2v) is 8.72. The molecule has 0 aromatic carbocycles. The van der Waals surface area contributed by atoms with Crippen LogP contribution in [0.1, 0.15) is 37.0 Å². The van der Waals surface area contributed by atoms with Crippen molar-refractivity contribution in [3.05, 3.63) is 62.6 Å². The molecule has 3 aromatic heterocycles. The summed E-state index contributed by atoms with van der Waals surface area (Å²) in [4.78, 5) is 50.1. The third-order valence-electron chi connectivity index (χ3n) is 5.92. The van der Waals surface area contributed by atoms with Gasteiger partial charge in [-0.2, -0.15) is 4.98 Å². The van der Waals surface area contributed by atoms with E-state index in [4.69, 9.17) is 10.7 Å². The van der Waals surface area contributed by atoms with Gasteiger partial charge in [0.1, 0.15) is 0 Å². The highest BCUT2D eigenvalue weighted by Gasteiger charge is 2.26. The van der Waals surface area contributed by atoms with Crippen molar-refractivity contribution < 1.29 is 4.79 Å². The first-order valence-electron chi connectivity index (χ1n) is 11.0. The number of anilines is 1. The van der Waals surface area contributed by atoms with Crippen molar-refractivity contribution in [1.82, 2.24) is 23.7 Å². The van der Waals surface area contributed by atoms with Gasteiger partial charge in [-0.15, -0.1) is 0 Å². The first-order valence-corrected chi connectivity index (χ1v) is 11.0. The molecule has 0 radical (unpaired) electrons. The van der Waals surface area contributed by atoms with E-state index >= 15 is 0 Å². The van der Waals surface area contributed by atoms with Crippen LogP contribution in [0.2, 0.25) is 0 Å². The molecule has 174 valence electrons. The van der Waals surface area contributed by atoms with Crippen molar-refractivity contribution >= 4 is 22.9 Å². The van der Waals surface area contributed by atoms with Crippen LogP contribution in [-0.4, -0.2) is 48.6 Å². The van der Waals surface area contributed by atoms with Gasteiger partial charge in [-0.25, -0.2) is 4.79 Å². The monoisotopic (exact) mass is 451 g/mol. The van der Waals surface area contributed by atoms with E-state index in [2.05, 4.69) is 9.88 Å². The predicted octanol–water partition coefficient (Wildman–Crippen LogP) is 1.07. The average Bonchev–Trinajstić information content (AvgIpc) is 3.19. The highest BCUT2D eigenvalue weighted by Crippen LogP contribution is 2.23. The number of rotatable bonds is 6. The van der Waals surface area contributed by atoms with Crippen LogP contribution in [0.4, 0.5) is 5.95 Å². The number of nitrogens with two attached hydrogens (primary N) is 1. The molecule has 1 fully saturated rings. The minimum absolute atomic E-state index is 0.0213. The average molecular weight is 452 g/mol. The molecular weight excluding hydrogens is 422 g/mol. The third kappa shape index (κ3) is 4.38. The minimum atomic E-state index is -0.585. The van der Waals surface area contributed by atoms with Gasteiger partial charge in [0.05, 0.1) is 6.54 Å². The fourth-order valence-corrected chi connectivity index (χ4v) is 4.14. The number of fused-ring (bicyclic) bond motifs is 1. The van der Waals surface area contributed by atoms with Gasteiger partial charge in [0.2, 0.25) is 5.95 Å². The van der Waals surface area contributed by atoms with Crippen molar-refractivity contribution in [2.45, 2.75) is 45.8 Å². The zero-order chi connectivity index (χ0) is 23.7. The Labute approximate surface area is 191 Å². The van der Waals surface area contributed by atoms with E-state index in [1.807, 2.05) is 24.5 Å². The van der Waals surface area contributed by atoms with E-state index in [0.717, 1.165) is 29.5 Å². The van der Waals surface area contributed by atoms with Gasteiger partial charge in [-0.05, 0) is 38.8 Å². The van der Waals surface area contributed by atoms with Crippen LogP contribution in [0.5, 0.6) is 0 Å². The number of nitrogens with zero attached hydrogens (tertiary/aromatic N) is 6. The van der Waals surface area contributed by atoms with Crippen LogP contribution in [0, 0.1) is 0 Å². The second-order valence-electron chi connectivity index (χ2n) is 8.72. The Hall–Kier alpha value is -3.53. The van der Waals surface area contributed by atoms with Gasteiger partial charge in [0.15, 0.2) is 16.9 Å². The maximum absolute atomic E-state index is 13.6. The summed E-state index contributed by atoms with van der Waals surface area (Å²) >= 11 is 0. The number of pyridine rings is 1. The number of Topliss-reactive ketones (excluding diaryl/α,β-unsaturated/α-hetero) is 1. The van der Waals surface area contributed by atoms with Crippen molar-refractivity contribution in [3.8, 4) is 0 Å². The van der Waals surface area contributed by atoms with Crippen molar-refractivity contribution in [1.29, 1.82) is 0 Å². The number of hydrogen-bond acceptors (Lipinski definition) is 7. The maximum Gasteiger partial charge on any atom is 0.332 e. The van der Waals surface area contributed by atoms with Crippen LogP contribution in [0.3, 0.4) is 0 Å². The molecule has 1 atom stereocenters. The first-order chi connectivity index (χ1) is 15.8. The van der Waals surface area contributed by atoms with Crippen LogP contribution in [-0.2, 0) is 20.1 Å². The number of piperidine rings is 1. The molecule has 2 N–H and O–H groups in total. The Bertz CT molecular complexity index is 1330. The SMILES string of the molecule is CC(C)=CCn1c(N2CCCC(N)C2)nc2c1c(=O)n(CC(=O)c1cccnc1)c(=O)n2C. The highest BCUT2D eigenvalue weighted by molar-refractivity contribution is 5.95. The fourth-order valence-electron chi connectivity index (χ4n) is 4.14. The summed E-state index contributed by atoms with van der Waals surface area (Å²) < 4.78 is 4.14. The van der Waals surface area contributed by atoms with Gasteiger partial charge in [-0.3, -0.25) is 23.7 Å². The van der Waals surface area contributed by atoms with Crippen LogP contribution >= 0.6 is 0 Å². The van der Waals surface area contributed by atoms with E-state index in [0.29, 0.717) is 35.8 Å². The van der Waals surface area contributed by atoms with E-state index in [9.17, 15) is 14.4 Å². The molecule has 4 heterocycles. The molecule has 1 aliphatic heterocycles. The van der Waals surface area contributed by atoms with Gasteiger partial charge in [-0.1, -0.05) is 11.6 Å². The molecule has 0 amide bonds. The van der Waals surface area contributed by atoms with E-state index in [1.54, 1.807) is 25.4 Å². The lowest BCUT2D eigenvalue weighted by molar-refractivity contribution is 0.0968. The van der Waals surface area contributed by atoms with E-state index in [1.165, 1.54) is 10.8 Å². The third-order valence-corrected chi connectivity index (χ3v) is 5.92. The Morgan fingerprint density at radius 1 is 1.27 bits per heavy atom. The smallest absolute Gasteiger partial charge is 0.332 e. The van der Waals surface area contributed by atoms with Crippen LogP contribution in [0.25, 0.3) is 11.2 Å². The quantitative estimate of drug-likeness (QED) is 0.439. The largest absolute Gasteiger partial charge is 0.341 e. The van der Waals surface area contributed by atoms with Gasteiger partial charge in [0, 0.05) is 50.7 Å². The molecule has 0 aliphatic carbocycles. The molecule has 0 spiro atoms. The number of ketones is 1. The zero-order valence-electron chi connectivity index (χ0n) is 19.2. The van der Waals surface area contributed by atoms with Crippen molar-refractivity contribution in [2.24, 2.45) is 12.8 Å². The normalized spacial score (nSPS) is 16.2. The number of imidazole rings is 1. The molecule has 0 saturated carbocycles. The number of aromatic nitrogens is 5. The molecule has 1 unspecified atom stereocenters. The Balaban J connectivity index is 1.89. The number of carbonyl (C=O) groups excluding carboxylic acids is 1. The molecule has 1 saturated heterocycles. The van der Waals surface area contributed by atoms with Crippen LogP contribution < -0.4 is 21.9 Å². The lowest BCUT2D eigenvalue weighted by atomic mass is 10.1. The molecular formula is C23H29N7O3. The van der Waals surface area contributed by atoms with Crippen LogP contribution in [0.15, 0.2) is 45.8 Å². The number of carbonyl (C=O) groups is 1. The fraction of sp³-hybridized carbons (Fsp3) is 0.435. The lowest BCUT2D eigenvalue weighted by Gasteiger charge is -2.31. The Morgan fingerprint density at radius 2 is 2.06 bits per heavy atom. The summed E-state index contributed by atoms with van der Waals surface area (Å²) in [6, 6.07) is 3.27. The van der Waals surface area contributed by atoms with Gasteiger partial charge in [0.25, 0.3) is 5.56 Å². The molecule has 33 heavy (non-hydrogen) atoms. The minimum Gasteiger partial charge on any atom is -0.341 e. The number of aryl methyl sites for hydroxylation is 1. The topological polar surface area (TPSA) is 121 Å². The number of allylic oxidation sites excluding steroid dienone is 2. The lowest BCUT2D eigenvalue weighted by Crippen LogP contribution is -2.44. The van der Waals surface area contributed by atoms with Crippen molar-refractivity contribution in [2.75, 3.05) is 18.0 Å². The molecule has 10 heteroatoms. The molecule has 0 bridgehead atoms. The van der Waals surface area contributed by atoms with Gasteiger partial charge < -0.3 is 15.2 Å². The summed E-state index contributed by atoms with van der Waals surface area (Å²) in [5, 5.41) is 0. The Kier molecular flexibility index (Phi) is 6.28. The molecule has 3 aromatic rings. The standard InChI is InChI=1S/C23H29N7O3/c1-15(2)8-11-29-19-20(26-22(29)28-10-5-7-17(24)13-28)27(3)23(33)30(21(19)32)14-18(31)16-6-4-9-25-12-16/h4,6,8-9,12,17H,5,7,10-11,13-14,24H2,1-3H3. The highest BCUT2D eigenvalue weighted by atomic mass is 16.2. The number of hydrogen-bond donors (Lipinski definition) is 1. The van der Waals surface area contributed by atoms with E-state index < -0.39 is 11.2 Å². The molecule has 1 aliphatic rings. The first kappa shape index (κ1) is 22.7. The van der Waals surface area contributed by atoms with Crippen molar-refractivity contribution in [3.63, 3.8) is 0 Å². The summed E-state index contributed by atoms with van der Waals surface area (Å²) in [6.07, 6.45) is 6.85. The maximum atomic E-state index is 13.6. The summed E-state index contributed by atoms with van der Waals surface area (Å²) in [6.45, 7) is 5.41. The zero-order valence-corrected chi connectivity index (χ0v) is 19.2. The van der Waals surface area contributed by atoms with E-state index in [-0.39, 0.29) is 18.4 Å². The molecule has 10 nitrogen and oxygen atoms in total. The Morgan fingerprint density at radius 3 is 2.73 bits per heavy atom.